The third kappa shape index (κ3) is 2.91. The van der Waals surface area contributed by atoms with E-state index in [1.165, 1.54) is 11.1 Å². The number of carbonyl (C=O) groups is 1. The van der Waals surface area contributed by atoms with E-state index in [4.69, 9.17) is 0 Å². The maximum Gasteiger partial charge on any atom is 0.224 e. The van der Waals surface area contributed by atoms with E-state index in [1.54, 1.807) is 13.2 Å². The van der Waals surface area contributed by atoms with Crippen molar-refractivity contribution >= 4 is 5.91 Å². The smallest absolute Gasteiger partial charge is 0.224 e. The lowest BCUT2D eigenvalue weighted by Gasteiger charge is -2.04. The van der Waals surface area contributed by atoms with Gasteiger partial charge in [-0.25, -0.2) is 0 Å². The summed E-state index contributed by atoms with van der Waals surface area (Å²) in [6.07, 6.45) is 1.67. The molecule has 0 aliphatic heterocycles. The number of aromatic nitrogens is 2. The van der Waals surface area contributed by atoms with Gasteiger partial charge in [0, 0.05) is 30.6 Å². The number of carbonyl (C=O) groups excluding carboxylic acids is 1. The Kier molecular flexibility index (Phi) is 4.02. The maximum atomic E-state index is 12.3. The molecule has 4 rings (SSSR count). The molecule has 0 spiro atoms. The highest BCUT2D eigenvalue weighted by Crippen LogP contribution is 2.60. The highest BCUT2D eigenvalue weighted by atomic mass is 16.2. The van der Waals surface area contributed by atoms with Crippen LogP contribution in [0.4, 0.5) is 0 Å². The molecule has 0 radical (unpaired) electrons. The van der Waals surface area contributed by atoms with Crippen LogP contribution in [-0.4, -0.2) is 23.2 Å². The second-order valence-corrected chi connectivity index (χ2v) is 6.33. The van der Waals surface area contributed by atoms with Crippen molar-refractivity contribution in [1.82, 2.24) is 15.5 Å². The van der Waals surface area contributed by atoms with Crippen LogP contribution >= 0.6 is 0 Å². The van der Waals surface area contributed by atoms with Crippen molar-refractivity contribution < 1.29 is 4.79 Å². The normalized spacial score (nSPS) is 21.6. The van der Waals surface area contributed by atoms with Gasteiger partial charge < -0.3 is 5.32 Å². The van der Waals surface area contributed by atoms with Crippen LogP contribution in [0.25, 0.3) is 11.3 Å². The van der Waals surface area contributed by atoms with Crippen molar-refractivity contribution in [1.29, 1.82) is 0 Å². The summed E-state index contributed by atoms with van der Waals surface area (Å²) in [5.41, 5.74) is 4.30. The van der Waals surface area contributed by atoms with Gasteiger partial charge in [-0.15, -0.1) is 0 Å². The van der Waals surface area contributed by atoms with E-state index < -0.39 is 0 Å². The number of nitrogens with zero attached hydrogens (tertiary/aromatic N) is 2. The summed E-state index contributed by atoms with van der Waals surface area (Å²) in [4.78, 5) is 12.3. The van der Waals surface area contributed by atoms with Crippen molar-refractivity contribution in [2.24, 2.45) is 5.92 Å². The number of hydrogen-bond donors (Lipinski definition) is 1. The van der Waals surface area contributed by atoms with Gasteiger partial charge in [0.1, 0.15) is 0 Å². The van der Waals surface area contributed by atoms with Gasteiger partial charge in [0.25, 0.3) is 0 Å². The number of hydrogen-bond acceptors (Lipinski definition) is 3. The fraction of sp³-hybridized carbons (Fsp3) is 0.190. The molecule has 1 heterocycles. The van der Waals surface area contributed by atoms with Crippen LogP contribution in [0.5, 0.6) is 0 Å². The van der Waals surface area contributed by atoms with Gasteiger partial charge in [0.2, 0.25) is 5.91 Å². The fourth-order valence-electron chi connectivity index (χ4n) is 3.64. The van der Waals surface area contributed by atoms with Crippen molar-refractivity contribution in [3.63, 3.8) is 0 Å². The van der Waals surface area contributed by atoms with Gasteiger partial charge >= 0.3 is 0 Å². The Morgan fingerprint density at radius 3 is 2.16 bits per heavy atom. The molecule has 1 aliphatic carbocycles. The van der Waals surface area contributed by atoms with Crippen molar-refractivity contribution in [2.45, 2.75) is 11.8 Å². The summed E-state index contributed by atoms with van der Waals surface area (Å²) in [6.45, 7) is 0. The second-order valence-electron chi connectivity index (χ2n) is 6.33. The Labute approximate surface area is 146 Å². The molecule has 4 heteroatoms. The Hall–Kier alpha value is -3.01. The van der Waals surface area contributed by atoms with Crippen LogP contribution in [0, 0.1) is 5.92 Å². The average Bonchev–Trinajstić information content (AvgIpc) is 3.44. The molecular weight excluding hydrogens is 310 g/mol. The molecule has 3 atom stereocenters. The zero-order valence-corrected chi connectivity index (χ0v) is 14.0. The van der Waals surface area contributed by atoms with E-state index >= 15 is 0 Å². The molecular formula is C21H19N3O. The summed E-state index contributed by atoms with van der Waals surface area (Å²) < 4.78 is 0. The lowest BCUT2D eigenvalue weighted by atomic mass is 10.0. The minimum atomic E-state index is -0.00485. The van der Waals surface area contributed by atoms with Crippen molar-refractivity contribution in [3.8, 4) is 11.3 Å². The first-order valence-corrected chi connectivity index (χ1v) is 8.44. The van der Waals surface area contributed by atoms with E-state index in [2.05, 4.69) is 51.9 Å². The Balaban J connectivity index is 1.63. The first kappa shape index (κ1) is 15.5. The monoisotopic (exact) mass is 329 g/mol. The average molecular weight is 329 g/mol. The molecule has 4 nitrogen and oxygen atoms in total. The SMILES string of the molecule is CNC(=O)[C@@H]1[C@H](c2ccccc2)[C@H]1c1ccc(-c2cccnn2)cc1. The number of nitrogens with one attached hydrogen (secondary N) is 1. The van der Waals surface area contributed by atoms with Crippen molar-refractivity contribution in [2.75, 3.05) is 7.05 Å². The minimum absolute atomic E-state index is 0.00485. The number of benzene rings is 2. The van der Waals surface area contributed by atoms with Gasteiger partial charge in [0.15, 0.2) is 0 Å². The van der Waals surface area contributed by atoms with E-state index in [1.807, 2.05) is 30.3 Å². The van der Waals surface area contributed by atoms with Gasteiger partial charge in [0.05, 0.1) is 11.6 Å². The summed E-state index contributed by atoms with van der Waals surface area (Å²) >= 11 is 0. The van der Waals surface area contributed by atoms with E-state index in [0.29, 0.717) is 0 Å². The summed E-state index contributed by atoms with van der Waals surface area (Å²) in [5, 5.41) is 10.9. The lowest BCUT2D eigenvalue weighted by Crippen LogP contribution is -2.20. The molecule has 1 N–H and O–H groups in total. The molecule has 1 aromatic heterocycles. The molecule has 1 fully saturated rings. The Morgan fingerprint density at radius 1 is 0.880 bits per heavy atom. The molecule has 3 aromatic rings. The van der Waals surface area contributed by atoms with Gasteiger partial charge in [-0.05, 0) is 23.3 Å². The van der Waals surface area contributed by atoms with E-state index in [9.17, 15) is 4.79 Å². The van der Waals surface area contributed by atoms with Crippen LogP contribution in [-0.2, 0) is 4.79 Å². The highest BCUT2D eigenvalue weighted by molar-refractivity contribution is 5.85. The first-order chi connectivity index (χ1) is 12.3. The largest absolute Gasteiger partial charge is 0.359 e. The standard InChI is InChI=1S/C21H19N3O/c1-22-21(25)20-18(15-6-3-2-4-7-15)19(20)16-11-9-14(10-12-16)17-8-5-13-23-24-17/h2-13,18-20H,1H3,(H,22,25)/t18-,19-,20-/m1/s1. The highest BCUT2D eigenvalue weighted by Gasteiger charge is 2.55. The summed E-state index contributed by atoms with van der Waals surface area (Å²) in [7, 11) is 1.71. The Morgan fingerprint density at radius 2 is 1.56 bits per heavy atom. The molecule has 124 valence electrons. The molecule has 0 saturated heterocycles. The van der Waals surface area contributed by atoms with E-state index in [-0.39, 0.29) is 23.7 Å². The van der Waals surface area contributed by atoms with Crippen LogP contribution in [0.2, 0.25) is 0 Å². The second kappa shape index (κ2) is 6.48. The number of rotatable bonds is 4. The van der Waals surface area contributed by atoms with Crippen LogP contribution in [0.3, 0.4) is 0 Å². The first-order valence-electron chi connectivity index (χ1n) is 8.44. The van der Waals surface area contributed by atoms with Crippen LogP contribution < -0.4 is 5.32 Å². The lowest BCUT2D eigenvalue weighted by molar-refractivity contribution is -0.122. The maximum absolute atomic E-state index is 12.3. The van der Waals surface area contributed by atoms with Crippen LogP contribution in [0.15, 0.2) is 72.9 Å². The number of amides is 1. The summed E-state index contributed by atoms with van der Waals surface area (Å²) in [5.74, 6) is 0.563. The zero-order valence-electron chi connectivity index (χ0n) is 14.0. The van der Waals surface area contributed by atoms with Crippen LogP contribution in [0.1, 0.15) is 23.0 Å². The van der Waals surface area contributed by atoms with Crippen molar-refractivity contribution in [3.05, 3.63) is 84.1 Å². The third-order valence-corrected chi connectivity index (χ3v) is 4.92. The van der Waals surface area contributed by atoms with E-state index in [0.717, 1.165) is 11.3 Å². The predicted molar refractivity (Wildman–Crippen MR) is 96.9 cm³/mol. The Bertz CT molecular complexity index is 863. The quantitative estimate of drug-likeness (QED) is 0.798. The molecule has 0 bridgehead atoms. The van der Waals surface area contributed by atoms with Gasteiger partial charge in [-0.3, -0.25) is 4.79 Å². The molecule has 1 aliphatic rings. The fourth-order valence-corrected chi connectivity index (χ4v) is 3.64. The topological polar surface area (TPSA) is 54.9 Å². The zero-order chi connectivity index (χ0) is 17.2. The predicted octanol–water partition coefficient (Wildman–Crippen LogP) is 3.39. The third-order valence-electron chi connectivity index (χ3n) is 4.92. The minimum Gasteiger partial charge on any atom is -0.359 e. The van der Waals surface area contributed by atoms with Gasteiger partial charge in [-0.1, -0.05) is 54.6 Å². The molecule has 25 heavy (non-hydrogen) atoms. The van der Waals surface area contributed by atoms with Gasteiger partial charge in [-0.2, -0.15) is 10.2 Å². The molecule has 0 unspecified atom stereocenters. The molecule has 1 amide bonds. The molecule has 2 aromatic carbocycles. The summed E-state index contributed by atoms with van der Waals surface area (Å²) in [6, 6.07) is 22.4. The molecule has 1 saturated carbocycles.